The molecule has 7 aromatic carbocycles. The van der Waals surface area contributed by atoms with Crippen molar-refractivity contribution < 1.29 is 4.42 Å². The first-order valence-corrected chi connectivity index (χ1v) is 15.3. The molecule has 9 rings (SSSR count). The summed E-state index contributed by atoms with van der Waals surface area (Å²) < 4.78 is 8.70. The van der Waals surface area contributed by atoms with Crippen LogP contribution in [0.4, 0.5) is 17.1 Å². The first-order valence-electron chi connectivity index (χ1n) is 15.3. The van der Waals surface area contributed by atoms with E-state index in [9.17, 15) is 0 Å². The van der Waals surface area contributed by atoms with Gasteiger partial charge in [0.1, 0.15) is 11.2 Å². The molecule has 0 saturated carbocycles. The zero-order valence-corrected chi connectivity index (χ0v) is 24.5. The Kier molecular flexibility index (Phi) is 5.82. The lowest BCUT2D eigenvalue weighted by Gasteiger charge is -2.26. The monoisotopic (exact) mass is 576 g/mol. The van der Waals surface area contributed by atoms with E-state index in [0.29, 0.717) is 0 Å². The van der Waals surface area contributed by atoms with Crippen LogP contribution in [0.2, 0.25) is 0 Å². The maximum absolute atomic E-state index is 6.32. The predicted molar refractivity (Wildman–Crippen MR) is 188 cm³/mol. The van der Waals surface area contributed by atoms with Crippen molar-refractivity contribution in [3.05, 3.63) is 170 Å². The lowest BCUT2D eigenvalue weighted by Crippen LogP contribution is -2.10. The highest BCUT2D eigenvalue weighted by molar-refractivity contribution is 6.15. The van der Waals surface area contributed by atoms with Crippen LogP contribution < -0.4 is 4.90 Å². The number of nitrogens with zero attached hydrogens (tertiary/aromatic N) is 2. The van der Waals surface area contributed by atoms with E-state index >= 15 is 0 Å². The Morgan fingerprint density at radius 3 is 1.87 bits per heavy atom. The lowest BCUT2D eigenvalue weighted by atomic mass is 10.0. The third-order valence-corrected chi connectivity index (χ3v) is 8.76. The number of aromatic nitrogens is 1. The second-order valence-electron chi connectivity index (χ2n) is 11.4. The first-order chi connectivity index (χ1) is 22.3. The van der Waals surface area contributed by atoms with E-state index in [1.165, 1.54) is 32.9 Å². The van der Waals surface area contributed by atoms with Gasteiger partial charge < -0.3 is 13.9 Å². The third kappa shape index (κ3) is 4.13. The molecule has 0 aliphatic rings. The molecule has 0 amide bonds. The average molecular weight is 577 g/mol. The maximum Gasteiger partial charge on any atom is 0.137 e. The highest BCUT2D eigenvalue weighted by Crippen LogP contribution is 2.44. The van der Waals surface area contributed by atoms with Crippen molar-refractivity contribution in [3.8, 4) is 16.8 Å². The lowest BCUT2D eigenvalue weighted by molar-refractivity contribution is 0.669. The van der Waals surface area contributed by atoms with Crippen molar-refractivity contribution in [3.63, 3.8) is 0 Å². The van der Waals surface area contributed by atoms with Crippen LogP contribution in [-0.2, 0) is 0 Å². The number of rotatable bonds is 5. The van der Waals surface area contributed by atoms with Gasteiger partial charge >= 0.3 is 0 Å². The molecule has 3 nitrogen and oxygen atoms in total. The zero-order chi connectivity index (χ0) is 29.7. The molecular weight excluding hydrogens is 548 g/mol. The molecule has 0 saturated heterocycles. The molecule has 0 unspecified atom stereocenters. The maximum atomic E-state index is 6.32. The molecule has 0 bridgehead atoms. The van der Waals surface area contributed by atoms with Crippen LogP contribution in [0.25, 0.3) is 60.6 Å². The Bertz CT molecular complexity index is 2470. The van der Waals surface area contributed by atoms with E-state index in [-0.39, 0.29) is 0 Å². The third-order valence-electron chi connectivity index (χ3n) is 8.76. The summed E-state index contributed by atoms with van der Waals surface area (Å²) in [6.45, 7) is 0. The molecule has 0 N–H and O–H groups in total. The number of anilines is 3. The van der Waals surface area contributed by atoms with Crippen molar-refractivity contribution in [2.75, 3.05) is 4.90 Å². The van der Waals surface area contributed by atoms with Crippen LogP contribution in [0.1, 0.15) is 0 Å². The molecule has 9 aromatic rings. The molecule has 45 heavy (non-hydrogen) atoms. The fraction of sp³-hybridized carbons (Fsp3) is 0. The van der Waals surface area contributed by atoms with Crippen LogP contribution in [-0.4, -0.2) is 4.57 Å². The highest BCUT2D eigenvalue weighted by Gasteiger charge is 2.21. The largest absolute Gasteiger partial charge is 0.456 e. The Balaban J connectivity index is 1.34. The van der Waals surface area contributed by atoms with Crippen molar-refractivity contribution in [2.24, 2.45) is 0 Å². The molecule has 0 atom stereocenters. The molecular formula is C42H28N2O. The van der Waals surface area contributed by atoms with Gasteiger partial charge in [0.05, 0.1) is 22.1 Å². The van der Waals surface area contributed by atoms with Gasteiger partial charge in [0.15, 0.2) is 0 Å². The summed E-state index contributed by atoms with van der Waals surface area (Å²) in [5, 5.41) is 4.64. The number of fused-ring (bicyclic) bond motifs is 6. The quantitative estimate of drug-likeness (QED) is 0.203. The van der Waals surface area contributed by atoms with Crippen molar-refractivity contribution in [1.29, 1.82) is 0 Å². The van der Waals surface area contributed by atoms with E-state index in [1.54, 1.807) is 0 Å². The average Bonchev–Trinajstić information content (AvgIpc) is 3.65. The minimum absolute atomic E-state index is 0.879. The van der Waals surface area contributed by atoms with Crippen LogP contribution in [0, 0.1) is 0 Å². The molecule has 0 spiro atoms. The minimum atomic E-state index is 0.879. The Morgan fingerprint density at radius 2 is 1.07 bits per heavy atom. The number of furan rings is 1. The second-order valence-corrected chi connectivity index (χ2v) is 11.4. The molecule has 212 valence electrons. The summed E-state index contributed by atoms with van der Waals surface area (Å²) in [5.74, 6) is 0. The highest BCUT2D eigenvalue weighted by atomic mass is 16.3. The number of benzene rings is 7. The van der Waals surface area contributed by atoms with Gasteiger partial charge in [-0.05, 0) is 83.9 Å². The molecule has 0 radical (unpaired) electrons. The molecule has 0 fully saturated rings. The summed E-state index contributed by atoms with van der Waals surface area (Å²) in [7, 11) is 0. The Hall–Kier alpha value is -6.06. The summed E-state index contributed by atoms with van der Waals surface area (Å²) >= 11 is 0. The van der Waals surface area contributed by atoms with Gasteiger partial charge in [0.2, 0.25) is 0 Å². The van der Waals surface area contributed by atoms with Crippen LogP contribution in [0.5, 0.6) is 0 Å². The van der Waals surface area contributed by atoms with Crippen molar-refractivity contribution >= 4 is 60.8 Å². The standard InChI is InChI=1S/C42H28N2O/c1-4-13-29(14-5-1)30-23-25-37-35(27-30)36-28-33(24-26-38(36)44(37)32-17-8-3-9-18-32)43(31-15-6-2-7-16-31)39-20-12-22-41-42(39)34-19-10-11-21-40(34)45-41/h1-28H. The van der Waals surface area contributed by atoms with Gasteiger partial charge in [-0.15, -0.1) is 0 Å². The molecule has 0 aliphatic carbocycles. The van der Waals surface area contributed by atoms with Crippen LogP contribution in [0.15, 0.2) is 174 Å². The molecule has 3 heteroatoms. The normalized spacial score (nSPS) is 11.6. The zero-order valence-electron chi connectivity index (χ0n) is 24.5. The fourth-order valence-corrected chi connectivity index (χ4v) is 6.76. The smallest absolute Gasteiger partial charge is 0.137 e. The van der Waals surface area contributed by atoms with Gasteiger partial charge in [-0.3, -0.25) is 0 Å². The Labute approximate surface area is 260 Å². The minimum Gasteiger partial charge on any atom is -0.456 e. The van der Waals surface area contributed by atoms with Crippen LogP contribution >= 0.6 is 0 Å². The second kappa shape index (κ2) is 10.3. The van der Waals surface area contributed by atoms with E-state index in [1.807, 2.05) is 12.1 Å². The topological polar surface area (TPSA) is 21.3 Å². The first kappa shape index (κ1) is 25.4. The van der Waals surface area contributed by atoms with E-state index in [2.05, 4.69) is 167 Å². The molecule has 2 aromatic heterocycles. The predicted octanol–water partition coefficient (Wildman–Crippen LogP) is 11.8. The molecule has 2 heterocycles. The SMILES string of the molecule is c1ccc(-c2ccc3c(c2)c2cc(N(c4ccccc4)c4cccc5oc6ccccc6c45)ccc2n3-c2ccccc2)cc1. The van der Waals surface area contributed by atoms with Crippen molar-refractivity contribution in [2.45, 2.75) is 0 Å². The molecule has 0 aliphatic heterocycles. The number of para-hydroxylation sites is 3. The number of hydrogen-bond donors (Lipinski definition) is 0. The van der Waals surface area contributed by atoms with Crippen LogP contribution in [0.3, 0.4) is 0 Å². The van der Waals surface area contributed by atoms with Gasteiger partial charge in [-0.1, -0.05) is 97.1 Å². The Morgan fingerprint density at radius 1 is 0.422 bits per heavy atom. The number of hydrogen-bond acceptors (Lipinski definition) is 2. The summed E-state index contributed by atoms with van der Waals surface area (Å²) in [5.41, 5.74) is 10.9. The summed E-state index contributed by atoms with van der Waals surface area (Å²) in [6.07, 6.45) is 0. The van der Waals surface area contributed by atoms with Crippen molar-refractivity contribution in [1.82, 2.24) is 4.57 Å². The summed E-state index contributed by atoms with van der Waals surface area (Å²) in [6, 6.07) is 60.2. The van der Waals surface area contributed by atoms with E-state index < -0.39 is 0 Å². The van der Waals surface area contributed by atoms with Gasteiger partial charge in [-0.25, -0.2) is 0 Å². The van der Waals surface area contributed by atoms with Gasteiger partial charge in [0.25, 0.3) is 0 Å². The van der Waals surface area contributed by atoms with Gasteiger partial charge in [-0.2, -0.15) is 0 Å². The summed E-state index contributed by atoms with van der Waals surface area (Å²) in [4.78, 5) is 2.36. The van der Waals surface area contributed by atoms with Gasteiger partial charge in [0, 0.05) is 33.2 Å². The van der Waals surface area contributed by atoms with E-state index in [0.717, 1.165) is 44.7 Å². The fourth-order valence-electron chi connectivity index (χ4n) is 6.76. The van der Waals surface area contributed by atoms with E-state index in [4.69, 9.17) is 4.42 Å².